The van der Waals surface area contributed by atoms with Crippen LogP contribution in [0, 0.1) is 5.82 Å². The molecule has 0 spiro atoms. The van der Waals surface area contributed by atoms with Gasteiger partial charge in [-0.3, -0.25) is 4.79 Å². The average molecular weight is 315 g/mol. The van der Waals surface area contributed by atoms with E-state index in [9.17, 15) is 9.18 Å². The minimum absolute atomic E-state index is 0.0824. The van der Waals surface area contributed by atoms with E-state index in [-0.39, 0.29) is 17.4 Å². The second-order valence-electron chi connectivity index (χ2n) is 3.79. The van der Waals surface area contributed by atoms with Gasteiger partial charge < -0.3 is 0 Å². The van der Waals surface area contributed by atoms with Gasteiger partial charge in [0.05, 0.1) is 10.8 Å². The van der Waals surface area contributed by atoms with E-state index in [4.69, 9.17) is 23.2 Å². The lowest BCUT2D eigenvalue weighted by molar-refractivity contribution is 0.102. The number of ketones is 1. The normalized spacial score (nSPS) is 10.5. The number of benzene rings is 2. The number of carbonyl (C=O) groups excluding carboxylic acids is 1. The van der Waals surface area contributed by atoms with Crippen molar-refractivity contribution >= 4 is 40.7 Å². The highest BCUT2D eigenvalue weighted by atomic mass is 35.5. The molecule has 0 unspecified atom stereocenters. The first-order valence-electron chi connectivity index (χ1n) is 5.43. The molecule has 0 aliphatic carbocycles. The second kappa shape index (κ2) is 6.42. The van der Waals surface area contributed by atoms with Crippen LogP contribution in [0.4, 0.5) is 4.39 Å². The first kappa shape index (κ1) is 14.4. The summed E-state index contributed by atoms with van der Waals surface area (Å²) in [6, 6.07) is 10.6. The lowest BCUT2D eigenvalue weighted by Gasteiger charge is -2.04. The molecule has 19 heavy (non-hydrogen) atoms. The molecule has 0 heterocycles. The summed E-state index contributed by atoms with van der Waals surface area (Å²) in [6.07, 6.45) is 0. The SMILES string of the molecule is O=C(CSc1cc(Cl)ccc1Cl)c1ccc(F)cc1. The maximum atomic E-state index is 12.7. The summed E-state index contributed by atoms with van der Waals surface area (Å²) >= 11 is 13.2. The van der Waals surface area contributed by atoms with Crippen molar-refractivity contribution in [1.82, 2.24) is 0 Å². The van der Waals surface area contributed by atoms with Crippen LogP contribution in [0.3, 0.4) is 0 Å². The van der Waals surface area contributed by atoms with Crippen molar-refractivity contribution in [2.45, 2.75) is 4.90 Å². The zero-order valence-corrected chi connectivity index (χ0v) is 12.0. The van der Waals surface area contributed by atoms with E-state index in [0.717, 1.165) is 4.90 Å². The molecule has 0 saturated heterocycles. The zero-order chi connectivity index (χ0) is 13.8. The molecule has 98 valence electrons. The summed E-state index contributed by atoms with van der Waals surface area (Å²) < 4.78 is 12.7. The summed E-state index contributed by atoms with van der Waals surface area (Å²) in [7, 11) is 0. The van der Waals surface area contributed by atoms with Crippen molar-refractivity contribution in [1.29, 1.82) is 0 Å². The van der Waals surface area contributed by atoms with Crippen LogP contribution in [0.2, 0.25) is 10.0 Å². The molecule has 0 saturated carbocycles. The number of thioether (sulfide) groups is 1. The molecule has 1 nitrogen and oxygen atoms in total. The quantitative estimate of drug-likeness (QED) is 0.576. The van der Waals surface area contributed by atoms with Crippen molar-refractivity contribution in [3.05, 3.63) is 63.9 Å². The summed E-state index contributed by atoms with van der Waals surface area (Å²) in [5.41, 5.74) is 0.479. The Labute approximate surface area is 124 Å². The van der Waals surface area contributed by atoms with Crippen molar-refractivity contribution in [2.75, 3.05) is 5.75 Å². The minimum atomic E-state index is -0.359. The van der Waals surface area contributed by atoms with E-state index in [2.05, 4.69) is 0 Å². The van der Waals surface area contributed by atoms with Gasteiger partial charge in [-0.15, -0.1) is 11.8 Å². The summed E-state index contributed by atoms with van der Waals surface area (Å²) in [4.78, 5) is 12.7. The van der Waals surface area contributed by atoms with Gasteiger partial charge in [0.15, 0.2) is 5.78 Å². The molecule has 0 aromatic heterocycles. The standard InChI is InChI=1S/C14H9Cl2FOS/c15-10-3-6-12(16)14(7-10)19-8-13(18)9-1-4-11(17)5-2-9/h1-7H,8H2. The number of hydrogen-bond acceptors (Lipinski definition) is 2. The molecule has 0 N–H and O–H groups in total. The third kappa shape index (κ3) is 3.96. The fourth-order valence-electron chi connectivity index (χ4n) is 1.45. The molecule has 0 fully saturated rings. The molecule has 0 atom stereocenters. The molecule has 0 aliphatic heterocycles. The first-order valence-corrected chi connectivity index (χ1v) is 7.17. The van der Waals surface area contributed by atoms with Crippen molar-refractivity contribution in [3.63, 3.8) is 0 Å². The monoisotopic (exact) mass is 314 g/mol. The third-order valence-corrected chi connectivity index (χ3v) is 4.15. The first-order chi connectivity index (χ1) is 9.06. The van der Waals surface area contributed by atoms with Gasteiger partial charge in [0.25, 0.3) is 0 Å². The molecule has 2 aromatic carbocycles. The lowest BCUT2D eigenvalue weighted by Crippen LogP contribution is -2.02. The Hall–Kier alpha value is -1.03. The molecular weight excluding hydrogens is 306 g/mol. The number of Topliss-reactive ketones (excluding diaryl/α,β-unsaturated/α-hetero) is 1. The molecule has 0 bridgehead atoms. The van der Waals surface area contributed by atoms with Crippen LogP contribution in [0.25, 0.3) is 0 Å². The largest absolute Gasteiger partial charge is 0.293 e. The smallest absolute Gasteiger partial charge is 0.173 e. The zero-order valence-electron chi connectivity index (χ0n) is 9.70. The molecular formula is C14H9Cl2FOS. The van der Waals surface area contributed by atoms with Gasteiger partial charge in [0.2, 0.25) is 0 Å². The van der Waals surface area contributed by atoms with Crippen molar-refractivity contribution in [2.24, 2.45) is 0 Å². The third-order valence-electron chi connectivity index (χ3n) is 2.42. The number of hydrogen-bond donors (Lipinski definition) is 0. The van der Waals surface area contributed by atoms with Crippen LogP contribution in [-0.2, 0) is 0 Å². The van der Waals surface area contributed by atoms with Crippen LogP contribution in [0.15, 0.2) is 47.4 Å². The summed E-state index contributed by atoms with van der Waals surface area (Å²) in [5.74, 6) is -0.214. The maximum absolute atomic E-state index is 12.7. The molecule has 2 rings (SSSR count). The van der Waals surface area contributed by atoms with Gasteiger partial charge in [0, 0.05) is 15.5 Å². The average Bonchev–Trinajstić information content (AvgIpc) is 2.40. The van der Waals surface area contributed by atoms with Gasteiger partial charge in [-0.1, -0.05) is 23.2 Å². The summed E-state index contributed by atoms with van der Waals surface area (Å²) in [5, 5.41) is 1.13. The highest BCUT2D eigenvalue weighted by molar-refractivity contribution is 8.00. The molecule has 0 amide bonds. The lowest BCUT2D eigenvalue weighted by atomic mass is 10.1. The van der Waals surface area contributed by atoms with Crippen LogP contribution in [0.1, 0.15) is 10.4 Å². The maximum Gasteiger partial charge on any atom is 0.173 e. The van der Waals surface area contributed by atoms with Crippen LogP contribution < -0.4 is 0 Å². The Balaban J connectivity index is 2.04. The minimum Gasteiger partial charge on any atom is -0.293 e. The highest BCUT2D eigenvalue weighted by Gasteiger charge is 2.09. The van der Waals surface area contributed by atoms with Crippen LogP contribution in [-0.4, -0.2) is 11.5 Å². The van der Waals surface area contributed by atoms with Crippen molar-refractivity contribution < 1.29 is 9.18 Å². The van der Waals surface area contributed by atoms with Crippen molar-refractivity contribution in [3.8, 4) is 0 Å². The predicted octanol–water partition coefficient (Wildman–Crippen LogP) is 5.11. The van der Waals surface area contributed by atoms with E-state index in [0.29, 0.717) is 15.6 Å². The Morgan fingerprint density at radius 2 is 1.79 bits per heavy atom. The second-order valence-corrected chi connectivity index (χ2v) is 5.65. The number of halogens is 3. The van der Waals surface area contributed by atoms with Crippen LogP contribution >= 0.6 is 35.0 Å². The van der Waals surface area contributed by atoms with Crippen LogP contribution in [0.5, 0.6) is 0 Å². The van der Waals surface area contributed by atoms with Gasteiger partial charge in [-0.05, 0) is 42.5 Å². The van der Waals surface area contributed by atoms with E-state index in [1.165, 1.54) is 36.0 Å². The molecule has 0 aliphatic rings. The van der Waals surface area contributed by atoms with Gasteiger partial charge in [-0.25, -0.2) is 4.39 Å². The fraction of sp³-hybridized carbons (Fsp3) is 0.0714. The van der Waals surface area contributed by atoms with Gasteiger partial charge in [0.1, 0.15) is 5.82 Å². The Bertz CT molecular complexity index is 599. The Kier molecular flexibility index (Phi) is 4.86. The number of rotatable bonds is 4. The van der Waals surface area contributed by atoms with E-state index >= 15 is 0 Å². The predicted molar refractivity (Wildman–Crippen MR) is 77.9 cm³/mol. The van der Waals surface area contributed by atoms with E-state index in [1.54, 1.807) is 18.2 Å². The Morgan fingerprint density at radius 3 is 2.47 bits per heavy atom. The Morgan fingerprint density at radius 1 is 1.11 bits per heavy atom. The summed E-state index contributed by atoms with van der Waals surface area (Å²) in [6.45, 7) is 0. The fourth-order valence-corrected chi connectivity index (χ4v) is 2.84. The topological polar surface area (TPSA) is 17.1 Å². The van der Waals surface area contributed by atoms with Gasteiger partial charge >= 0.3 is 0 Å². The number of carbonyl (C=O) groups is 1. The van der Waals surface area contributed by atoms with Gasteiger partial charge in [-0.2, -0.15) is 0 Å². The molecule has 5 heteroatoms. The molecule has 0 radical (unpaired) electrons. The van der Waals surface area contributed by atoms with E-state index in [1.807, 2.05) is 0 Å². The highest BCUT2D eigenvalue weighted by Crippen LogP contribution is 2.30. The molecule has 2 aromatic rings. The van der Waals surface area contributed by atoms with E-state index < -0.39 is 0 Å².